The second kappa shape index (κ2) is 9.71. The van der Waals surface area contributed by atoms with Crippen molar-refractivity contribution >= 4 is 0 Å². The van der Waals surface area contributed by atoms with Crippen LogP contribution < -0.4 is 14.8 Å². The molecule has 1 atom stereocenters. The molecule has 3 rings (SSSR count). The Morgan fingerprint density at radius 1 is 1.19 bits per heavy atom. The molecule has 1 unspecified atom stereocenters. The number of nitrogens with zero attached hydrogens (tertiary/aromatic N) is 1. The predicted molar refractivity (Wildman–Crippen MR) is 98.2 cm³/mol. The molecule has 0 saturated carbocycles. The molecule has 0 aliphatic carbocycles. The standard InChI is InChI=1S/C20H26F2N2O3/c1-2-25-19-12-15(7-8-18(19)27-20(21)22)13-23-14-16(17-6-5-11-26-17)24-9-3-4-10-24/h5-8,11-12,16,20,23H,2-4,9-10,13-14H2,1H3. The normalized spacial score (nSPS) is 16.0. The van der Waals surface area contributed by atoms with E-state index in [4.69, 9.17) is 9.15 Å². The summed E-state index contributed by atoms with van der Waals surface area (Å²) in [5, 5.41) is 3.45. The Hall–Kier alpha value is -2.12. The molecule has 27 heavy (non-hydrogen) atoms. The molecule has 1 saturated heterocycles. The van der Waals surface area contributed by atoms with Crippen molar-refractivity contribution in [3.05, 3.63) is 47.9 Å². The van der Waals surface area contributed by atoms with Crippen molar-refractivity contribution in [2.24, 2.45) is 0 Å². The summed E-state index contributed by atoms with van der Waals surface area (Å²) < 4.78 is 40.6. The number of halogens is 2. The topological polar surface area (TPSA) is 46.9 Å². The lowest BCUT2D eigenvalue weighted by atomic mass is 10.1. The first-order valence-corrected chi connectivity index (χ1v) is 9.36. The number of hydrogen-bond acceptors (Lipinski definition) is 5. The number of furan rings is 1. The van der Waals surface area contributed by atoms with Gasteiger partial charge in [-0.05, 0) is 62.7 Å². The van der Waals surface area contributed by atoms with Crippen LogP contribution in [0.5, 0.6) is 11.5 Å². The zero-order valence-corrected chi connectivity index (χ0v) is 15.5. The van der Waals surface area contributed by atoms with Gasteiger partial charge in [0.05, 0.1) is 18.9 Å². The van der Waals surface area contributed by atoms with Crippen molar-refractivity contribution in [3.8, 4) is 11.5 Å². The second-order valence-electron chi connectivity index (χ2n) is 6.50. The summed E-state index contributed by atoms with van der Waals surface area (Å²) in [6, 6.07) is 9.15. The van der Waals surface area contributed by atoms with Gasteiger partial charge < -0.3 is 19.2 Å². The van der Waals surface area contributed by atoms with Crippen LogP contribution in [0.4, 0.5) is 8.78 Å². The van der Waals surface area contributed by atoms with E-state index in [-0.39, 0.29) is 11.8 Å². The molecule has 148 valence electrons. The third kappa shape index (κ3) is 5.43. The van der Waals surface area contributed by atoms with Gasteiger partial charge in [0.1, 0.15) is 5.76 Å². The second-order valence-corrected chi connectivity index (χ2v) is 6.50. The van der Waals surface area contributed by atoms with E-state index in [1.807, 2.05) is 12.1 Å². The molecule has 2 heterocycles. The fourth-order valence-corrected chi connectivity index (χ4v) is 3.42. The largest absolute Gasteiger partial charge is 0.490 e. The van der Waals surface area contributed by atoms with Gasteiger partial charge in [0.2, 0.25) is 0 Å². The minimum absolute atomic E-state index is 0.0566. The van der Waals surface area contributed by atoms with Gasteiger partial charge in [-0.2, -0.15) is 8.78 Å². The lowest BCUT2D eigenvalue weighted by molar-refractivity contribution is -0.0514. The molecule has 0 spiro atoms. The van der Waals surface area contributed by atoms with E-state index in [1.54, 1.807) is 25.3 Å². The van der Waals surface area contributed by atoms with Gasteiger partial charge in [-0.25, -0.2) is 0 Å². The Labute approximate surface area is 158 Å². The molecular weight excluding hydrogens is 354 g/mol. The minimum Gasteiger partial charge on any atom is -0.490 e. The van der Waals surface area contributed by atoms with Crippen LogP contribution in [-0.4, -0.2) is 37.8 Å². The lowest BCUT2D eigenvalue weighted by Crippen LogP contribution is -2.33. The van der Waals surface area contributed by atoms with Crippen LogP contribution in [-0.2, 0) is 6.54 Å². The first-order valence-electron chi connectivity index (χ1n) is 9.36. The van der Waals surface area contributed by atoms with E-state index >= 15 is 0 Å². The predicted octanol–water partition coefficient (Wildman–Crippen LogP) is 4.21. The molecule has 5 nitrogen and oxygen atoms in total. The molecular formula is C20H26F2N2O3. The Morgan fingerprint density at radius 2 is 2.00 bits per heavy atom. The monoisotopic (exact) mass is 380 g/mol. The van der Waals surface area contributed by atoms with E-state index in [0.717, 1.165) is 31.0 Å². The fourth-order valence-electron chi connectivity index (χ4n) is 3.42. The summed E-state index contributed by atoms with van der Waals surface area (Å²) in [4.78, 5) is 2.43. The molecule has 1 aliphatic rings. The van der Waals surface area contributed by atoms with E-state index in [9.17, 15) is 8.78 Å². The maximum absolute atomic E-state index is 12.5. The van der Waals surface area contributed by atoms with Crippen LogP contribution in [0.2, 0.25) is 0 Å². The lowest BCUT2D eigenvalue weighted by Gasteiger charge is -2.26. The molecule has 1 aromatic heterocycles. The summed E-state index contributed by atoms with van der Waals surface area (Å²) >= 11 is 0. The SMILES string of the molecule is CCOc1cc(CNCC(c2ccco2)N2CCCC2)ccc1OC(F)F. The molecule has 1 fully saturated rings. The van der Waals surface area contributed by atoms with Crippen molar-refractivity contribution in [3.63, 3.8) is 0 Å². The maximum Gasteiger partial charge on any atom is 0.387 e. The summed E-state index contributed by atoms with van der Waals surface area (Å²) in [6.07, 6.45) is 4.12. The van der Waals surface area contributed by atoms with Crippen molar-refractivity contribution in [1.82, 2.24) is 10.2 Å². The molecule has 1 N–H and O–H groups in total. The van der Waals surface area contributed by atoms with Crippen molar-refractivity contribution in [2.45, 2.75) is 39.0 Å². The van der Waals surface area contributed by atoms with Crippen molar-refractivity contribution < 1.29 is 22.7 Å². The van der Waals surface area contributed by atoms with Crippen LogP contribution in [0.1, 0.15) is 37.1 Å². The molecule has 0 amide bonds. The summed E-state index contributed by atoms with van der Waals surface area (Å²) in [5.74, 6) is 1.35. The van der Waals surface area contributed by atoms with Crippen LogP contribution in [0.15, 0.2) is 41.0 Å². The number of likely N-dealkylation sites (tertiary alicyclic amines) is 1. The van der Waals surface area contributed by atoms with E-state index in [1.165, 1.54) is 18.9 Å². The van der Waals surface area contributed by atoms with E-state index in [2.05, 4.69) is 15.0 Å². The van der Waals surface area contributed by atoms with Crippen LogP contribution in [0, 0.1) is 0 Å². The highest BCUT2D eigenvalue weighted by Crippen LogP contribution is 2.30. The zero-order chi connectivity index (χ0) is 19.1. The molecule has 2 aromatic rings. The number of nitrogens with one attached hydrogen (secondary N) is 1. The third-order valence-corrected chi connectivity index (χ3v) is 4.64. The van der Waals surface area contributed by atoms with Crippen LogP contribution in [0.3, 0.4) is 0 Å². The molecule has 0 bridgehead atoms. The molecule has 7 heteroatoms. The Kier molecular flexibility index (Phi) is 7.06. The van der Waals surface area contributed by atoms with Crippen LogP contribution in [0.25, 0.3) is 0 Å². The van der Waals surface area contributed by atoms with E-state index in [0.29, 0.717) is 18.9 Å². The zero-order valence-electron chi connectivity index (χ0n) is 15.5. The maximum atomic E-state index is 12.5. The quantitative estimate of drug-likeness (QED) is 0.669. The molecule has 0 radical (unpaired) electrons. The van der Waals surface area contributed by atoms with Crippen molar-refractivity contribution in [2.75, 3.05) is 26.2 Å². The Balaban J connectivity index is 1.62. The van der Waals surface area contributed by atoms with Crippen LogP contribution >= 0.6 is 0 Å². The van der Waals surface area contributed by atoms with Gasteiger partial charge in [-0.1, -0.05) is 6.07 Å². The first kappa shape index (κ1) is 19.6. The van der Waals surface area contributed by atoms with Gasteiger partial charge in [-0.3, -0.25) is 4.90 Å². The van der Waals surface area contributed by atoms with Gasteiger partial charge in [-0.15, -0.1) is 0 Å². The van der Waals surface area contributed by atoms with Gasteiger partial charge in [0.15, 0.2) is 11.5 Å². The average molecular weight is 380 g/mol. The summed E-state index contributed by atoms with van der Waals surface area (Å²) in [6.45, 7) is 2.80. The molecule has 1 aromatic carbocycles. The first-order chi connectivity index (χ1) is 13.2. The number of rotatable bonds is 10. The highest BCUT2D eigenvalue weighted by molar-refractivity contribution is 5.43. The smallest absolute Gasteiger partial charge is 0.387 e. The van der Waals surface area contributed by atoms with Crippen molar-refractivity contribution in [1.29, 1.82) is 0 Å². The summed E-state index contributed by atoms with van der Waals surface area (Å²) in [7, 11) is 0. The number of benzene rings is 1. The average Bonchev–Trinajstić information content (AvgIpc) is 3.35. The number of alkyl halides is 2. The summed E-state index contributed by atoms with van der Waals surface area (Å²) in [5.41, 5.74) is 0.944. The van der Waals surface area contributed by atoms with Gasteiger partial charge in [0.25, 0.3) is 0 Å². The Bertz CT molecular complexity index is 689. The fraction of sp³-hybridized carbons (Fsp3) is 0.500. The van der Waals surface area contributed by atoms with E-state index < -0.39 is 6.61 Å². The third-order valence-electron chi connectivity index (χ3n) is 4.64. The minimum atomic E-state index is -2.87. The number of ether oxygens (including phenoxy) is 2. The highest BCUT2D eigenvalue weighted by atomic mass is 19.3. The highest BCUT2D eigenvalue weighted by Gasteiger charge is 2.25. The number of hydrogen-bond donors (Lipinski definition) is 1. The van der Waals surface area contributed by atoms with Gasteiger partial charge >= 0.3 is 6.61 Å². The molecule has 1 aliphatic heterocycles. The van der Waals surface area contributed by atoms with Gasteiger partial charge in [0, 0.05) is 13.1 Å². The Morgan fingerprint density at radius 3 is 2.67 bits per heavy atom.